The Balaban J connectivity index is 0.00000208. The first-order valence-corrected chi connectivity index (χ1v) is 51.0. The van der Waals surface area contributed by atoms with E-state index < -0.39 is 20.2 Å². The molecule has 6 nitrogen and oxygen atoms in total. The molecule has 0 aromatic heterocycles. The van der Waals surface area contributed by atoms with Gasteiger partial charge in [-0.15, -0.1) is 0 Å². The number of benzene rings is 2. The van der Waals surface area contributed by atoms with Gasteiger partial charge in [0.25, 0.3) is 0 Å². The van der Waals surface area contributed by atoms with Crippen LogP contribution in [0.25, 0.3) is 0 Å². The predicted molar refractivity (Wildman–Crippen MR) is 472 cm³/mol. The second-order valence-electron chi connectivity index (χ2n) is 34.0. The zero-order valence-corrected chi connectivity index (χ0v) is 75.8. The van der Waals surface area contributed by atoms with E-state index in [1.165, 1.54) is 538 Å². The summed E-state index contributed by atoms with van der Waals surface area (Å²) >= 11 is 0. The van der Waals surface area contributed by atoms with E-state index in [1.807, 2.05) is 0 Å². The first-order valence-electron chi connectivity index (χ1n) is 48.2. The van der Waals surface area contributed by atoms with Crippen LogP contribution < -0.4 is 0 Å². The molecule has 0 aliphatic heterocycles. The Labute approximate surface area is 700 Å². The normalized spacial score (nSPS) is 11.8. The van der Waals surface area contributed by atoms with Gasteiger partial charge in [0.1, 0.15) is 20.2 Å². The van der Waals surface area contributed by atoms with Gasteiger partial charge >= 0.3 is 37.7 Å². The van der Waals surface area contributed by atoms with Crippen molar-refractivity contribution in [1.29, 1.82) is 0 Å². The summed E-state index contributed by atoms with van der Waals surface area (Å²) in [5, 5.41) is 0. The molecule has 0 heterocycles. The average Bonchev–Trinajstić information content (AvgIpc) is 0.871. The third kappa shape index (κ3) is 81.9. The zero-order valence-electron chi connectivity index (χ0n) is 72.0. The number of hydrogen-bond donors (Lipinski definition) is 0. The van der Waals surface area contributed by atoms with Gasteiger partial charge < -0.3 is 9.11 Å². The average molecular weight is 1560 g/mol. The Morgan fingerprint density at radius 1 is 0.168 bits per heavy atom. The molecule has 0 fully saturated rings. The van der Waals surface area contributed by atoms with Crippen molar-refractivity contribution in [3.05, 3.63) is 59.7 Å². The van der Waals surface area contributed by atoms with E-state index in [1.54, 1.807) is 24.3 Å². The predicted octanol–water partition coefficient (Wildman–Crippen LogP) is 33.9. The number of unbranched alkanes of at least 4 members (excludes halogenated alkanes) is 80. The van der Waals surface area contributed by atoms with Crippen molar-refractivity contribution in [2.45, 2.75) is 563 Å². The van der Waals surface area contributed by atoms with Crippen LogP contribution in [0.5, 0.6) is 0 Å². The van der Waals surface area contributed by atoms with Crippen LogP contribution in [-0.2, 0) is 33.1 Å². The fraction of sp³-hybridized carbons (Fsp3) is 0.878. The van der Waals surface area contributed by atoms with Gasteiger partial charge in [0.05, 0.1) is 9.79 Å². The standard InChI is InChI=1S/2C49H92O3S.Ca/c2*1-2-3-4-5-6-7-8-9-10-11-12-13-14-15-16-17-18-19-20-21-22-23-24-25-26-27-28-29-30-31-32-33-34-35-36-37-38-39-40-41-42-43-48-44-46-49(47-45-48)53(50,51)52;/h2*44-47H,2-43H2,1H3,(H,50,51,52);/q;;+2/p-2. The summed E-state index contributed by atoms with van der Waals surface area (Å²) < 4.78 is 66.1. The van der Waals surface area contributed by atoms with Crippen LogP contribution in [0.1, 0.15) is 551 Å². The van der Waals surface area contributed by atoms with Crippen LogP contribution in [0.4, 0.5) is 0 Å². The molecule has 0 aliphatic carbocycles. The molecule has 0 saturated heterocycles. The fourth-order valence-electron chi connectivity index (χ4n) is 16.2. The van der Waals surface area contributed by atoms with Crippen LogP contribution in [0.15, 0.2) is 58.3 Å². The van der Waals surface area contributed by atoms with Crippen molar-refractivity contribution < 1.29 is 25.9 Å². The molecule has 0 atom stereocenters. The Hall–Kier alpha value is -0.480. The van der Waals surface area contributed by atoms with Gasteiger partial charge in [0.15, 0.2) is 0 Å². The first-order chi connectivity index (χ1) is 52.1. The summed E-state index contributed by atoms with van der Waals surface area (Å²) in [5.41, 5.74) is 2.23. The molecular formula is C98H182CaO6S2. The monoisotopic (exact) mass is 1560 g/mol. The zero-order chi connectivity index (χ0) is 76.4. The van der Waals surface area contributed by atoms with Gasteiger partial charge in [-0.1, -0.05) is 552 Å². The molecular weight excluding hydrogens is 1380 g/mol. The number of hydrogen-bond acceptors (Lipinski definition) is 6. The smallest absolute Gasteiger partial charge is 0.744 e. The third-order valence-corrected chi connectivity index (χ3v) is 25.3. The molecule has 0 bridgehead atoms. The molecule has 0 N–H and O–H groups in total. The molecule has 107 heavy (non-hydrogen) atoms. The van der Waals surface area contributed by atoms with Crippen molar-refractivity contribution in [3.8, 4) is 0 Å². The fourth-order valence-corrected chi connectivity index (χ4v) is 17.2. The molecule has 0 unspecified atom stereocenters. The quantitative estimate of drug-likeness (QED) is 0.0370. The topological polar surface area (TPSA) is 114 Å². The third-order valence-electron chi connectivity index (χ3n) is 23.6. The number of aryl methyl sites for hydroxylation is 2. The first kappa shape index (κ1) is 107. The molecule has 0 radical (unpaired) electrons. The van der Waals surface area contributed by atoms with Gasteiger partial charge in [-0.05, 0) is 61.1 Å². The van der Waals surface area contributed by atoms with Crippen LogP contribution in [-0.4, -0.2) is 63.7 Å². The van der Waals surface area contributed by atoms with E-state index in [2.05, 4.69) is 13.8 Å². The maximum absolute atomic E-state index is 11.0. The van der Waals surface area contributed by atoms with Crippen molar-refractivity contribution in [2.75, 3.05) is 0 Å². The second kappa shape index (κ2) is 86.4. The molecule has 2 rings (SSSR count). The van der Waals surface area contributed by atoms with E-state index in [0.29, 0.717) is 0 Å². The van der Waals surface area contributed by atoms with Crippen LogP contribution >= 0.6 is 0 Å². The molecule has 624 valence electrons. The Morgan fingerprint density at radius 2 is 0.262 bits per heavy atom. The summed E-state index contributed by atoms with van der Waals surface area (Å²) in [7, 11) is -8.67. The van der Waals surface area contributed by atoms with Crippen LogP contribution in [0.2, 0.25) is 0 Å². The molecule has 0 amide bonds. The maximum Gasteiger partial charge on any atom is 2.00 e. The Morgan fingerprint density at radius 3 is 0.355 bits per heavy atom. The van der Waals surface area contributed by atoms with Crippen molar-refractivity contribution in [3.63, 3.8) is 0 Å². The Bertz CT molecular complexity index is 2080. The maximum atomic E-state index is 11.0. The Kier molecular flexibility index (Phi) is 86.0. The van der Waals surface area contributed by atoms with Crippen LogP contribution in [0, 0.1) is 0 Å². The van der Waals surface area contributed by atoms with Crippen LogP contribution in [0.3, 0.4) is 0 Å². The van der Waals surface area contributed by atoms with Gasteiger partial charge in [-0.2, -0.15) is 0 Å². The SMILES string of the molecule is CCCCCCCCCCCCCCCCCCCCCCCCCCCCCCCCCCCCCCCCCCCc1ccc(S(=O)(=O)[O-])cc1.CCCCCCCCCCCCCCCCCCCCCCCCCCCCCCCCCCCCCCCCCCCc1ccc(S(=O)(=O)[O-])cc1.[Ca+2]. The molecule has 0 saturated carbocycles. The van der Waals surface area contributed by atoms with E-state index in [-0.39, 0.29) is 47.5 Å². The summed E-state index contributed by atoms with van der Waals surface area (Å²) in [6.07, 6.45) is 120. The summed E-state index contributed by atoms with van der Waals surface area (Å²) in [5.74, 6) is 0. The van der Waals surface area contributed by atoms with Gasteiger partial charge in [-0.25, -0.2) is 16.8 Å². The second-order valence-corrected chi connectivity index (χ2v) is 36.7. The number of rotatable bonds is 86. The summed E-state index contributed by atoms with van der Waals surface area (Å²) in [6.45, 7) is 4.61. The summed E-state index contributed by atoms with van der Waals surface area (Å²) in [6, 6.07) is 12.8. The van der Waals surface area contributed by atoms with Gasteiger partial charge in [0, 0.05) is 0 Å². The minimum absolute atomic E-state index is 0. The minimum Gasteiger partial charge on any atom is -0.744 e. The van der Waals surface area contributed by atoms with Gasteiger partial charge in [-0.3, -0.25) is 0 Å². The van der Waals surface area contributed by atoms with E-state index in [0.717, 1.165) is 36.8 Å². The van der Waals surface area contributed by atoms with Crippen molar-refractivity contribution in [1.82, 2.24) is 0 Å². The van der Waals surface area contributed by atoms with Crippen molar-refractivity contribution >= 4 is 58.0 Å². The molecule has 2 aromatic carbocycles. The van der Waals surface area contributed by atoms with Gasteiger partial charge in [0.2, 0.25) is 0 Å². The van der Waals surface area contributed by atoms with E-state index in [4.69, 9.17) is 0 Å². The molecule has 2 aromatic rings. The molecule has 0 spiro atoms. The summed E-state index contributed by atoms with van der Waals surface area (Å²) in [4.78, 5) is -0.262. The molecule has 9 heteroatoms. The minimum atomic E-state index is -4.33. The van der Waals surface area contributed by atoms with E-state index in [9.17, 15) is 25.9 Å². The van der Waals surface area contributed by atoms with E-state index >= 15 is 0 Å². The molecule has 0 aliphatic rings. The van der Waals surface area contributed by atoms with Crippen molar-refractivity contribution in [2.24, 2.45) is 0 Å². The largest absolute Gasteiger partial charge is 2.00 e.